The Morgan fingerprint density at radius 1 is 1.10 bits per heavy atom. The van der Waals surface area contributed by atoms with Crippen LogP contribution in [0.25, 0.3) is 10.6 Å². The van der Waals surface area contributed by atoms with E-state index in [4.69, 9.17) is 18.9 Å². The van der Waals surface area contributed by atoms with Crippen molar-refractivity contribution in [1.82, 2.24) is 9.97 Å². The van der Waals surface area contributed by atoms with Crippen molar-refractivity contribution in [3.8, 4) is 28.0 Å². The van der Waals surface area contributed by atoms with Crippen molar-refractivity contribution in [1.29, 1.82) is 0 Å². The van der Waals surface area contributed by atoms with E-state index in [1.165, 1.54) is 11.3 Å². The largest absolute Gasteiger partial charge is 0.493 e. The van der Waals surface area contributed by atoms with E-state index in [9.17, 15) is 4.79 Å². The van der Waals surface area contributed by atoms with Gasteiger partial charge in [0.2, 0.25) is 5.88 Å². The van der Waals surface area contributed by atoms with Gasteiger partial charge >= 0.3 is 0 Å². The average molecular weight is 429 g/mol. The van der Waals surface area contributed by atoms with Crippen molar-refractivity contribution in [2.45, 2.75) is 6.92 Å². The Morgan fingerprint density at radius 3 is 2.63 bits per heavy atom. The van der Waals surface area contributed by atoms with Crippen molar-refractivity contribution in [3.63, 3.8) is 0 Å². The molecule has 0 aliphatic carbocycles. The molecule has 1 N–H and O–H groups in total. The zero-order chi connectivity index (χ0) is 21.5. The molecule has 3 aromatic rings. The van der Waals surface area contributed by atoms with Crippen molar-refractivity contribution in [3.05, 3.63) is 47.1 Å². The van der Waals surface area contributed by atoms with E-state index in [0.717, 1.165) is 5.56 Å². The van der Waals surface area contributed by atoms with Crippen molar-refractivity contribution in [2.75, 3.05) is 39.9 Å². The molecular formula is C21H23N3O5S. The Kier molecular flexibility index (Phi) is 7.21. The monoisotopic (exact) mass is 429 g/mol. The van der Waals surface area contributed by atoms with E-state index < -0.39 is 0 Å². The van der Waals surface area contributed by atoms with Crippen LogP contribution in [-0.2, 0) is 4.74 Å². The molecule has 0 saturated carbocycles. The second-order valence-corrected chi connectivity index (χ2v) is 7.15. The molecule has 0 radical (unpaired) electrons. The fourth-order valence-electron chi connectivity index (χ4n) is 2.70. The van der Waals surface area contributed by atoms with Crippen LogP contribution < -0.4 is 19.5 Å². The second kappa shape index (κ2) is 10.0. The average Bonchev–Trinajstić information content (AvgIpc) is 3.16. The maximum Gasteiger partial charge on any atom is 0.267 e. The van der Waals surface area contributed by atoms with Crippen molar-refractivity contribution >= 4 is 22.9 Å². The highest BCUT2D eigenvalue weighted by molar-refractivity contribution is 7.17. The van der Waals surface area contributed by atoms with E-state index >= 15 is 0 Å². The molecule has 0 fully saturated rings. The second-order valence-electron chi connectivity index (χ2n) is 6.15. The van der Waals surface area contributed by atoms with Gasteiger partial charge in [0, 0.05) is 18.9 Å². The van der Waals surface area contributed by atoms with E-state index in [0.29, 0.717) is 51.9 Å². The summed E-state index contributed by atoms with van der Waals surface area (Å²) >= 11 is 1.30. The Morgan fingerprint density at radius 2 is 1.90 bits per heavy atom. The van der Waals surface area contributed by atoms with Crippen LogP contribution in [-0.4, -0.2) is 50.4 Å². The van der Waals surface area contributed by atoms with Gasteiger partial charge in [0.05, 0.1) is 26.5 Å². The summed E-state index contributed by atoms with van der Waals surface area (Å²) in [6.45, 7) is 2.56. The van der Waals surface area contributed by atoms with Crippen LogP contribution in [0.1, 0.15) is 15.4 Å². The first-order valence-electron chi connectivity index (χ1n) is 9.15. The topological polar surface area (TPSA) is 91.8 Å². The predicted molar refractivity (Wildman–Crippen MR) is 115 cm³/mol. The molecule has 0 bridgehead atoms. The fourth-order valence-corrected chi connectivity index (χ4v) is 3.66. The van der Waals surface area contributed by atoms with Crippen molar-refractivity contribution in [2.24, 2.45) is 0 Å². The van der Waals surface area contributed by atoms with Gasteiger partial charge in [0.15, 0.2) is 11.5 Å². The number of aryl methyl sites for hydroxylation is 1. The van der Waals surface area contributed by atoms with Gasteiger partial charge in [0.1, 0.15) is 22.2 Å². The van der Waals surface area contributed by atoms with Crippen LogP contribution >= 0.6 is 11.3 Å². The van der Waals surface area contributed by atoms with Gasteiger partial charge in [-0.2, -0.15) is 0 Å². The predicted octanol–water partition coefficient (Wildman–Crippen LogP) is 3.81. The van der Waals surface area contributed by atoms with Gasteiger partial charge in [-0.25, -0.2) is 9.97 Å². The number of nitrogens with one attached hydrogen (secondary N) is 1. The van der Waals surface area contributed by atoms with E-state index in [2.05, 4.69) is 15.3 Å². The van der Waals surface area contributed by atoms with Crippen LogP contribution in [0.2, 0.25) is 0 Å². The molecule has 8 nitrogen and oxygen atoms in total. The number of ether oxygens (including phenoxy) is 4. The first-order chi connectivity index (χ1) is 14.6. The minimum atomic E-state index is -0.277. The first kappa shape index (κ1) is 21.5. The number of hydrogen-bond donors (Lipinski definition) is 1. The molecule has 3 rings (SSSR count). The van der Waals surface area contributed by atoms with Gasteiger partial charge in [-0.3, -0.25) is 4.79 Å². The molecule has 158 valence electrons. The minimum Gasteiger partial charge on any atom is -0.493 e. The van der Waals surface area contributed by atoms with Gasteiger partial charge in [0.25, 0.3) is 5.91 Å². The van der Waals surface area contributed by atoms with Crippen LogP contribution in [0, 0.1) is 6.92 Å². The highest BCUT2D eigenvalue weighted by atomic mass is 32.1. The molecule has 0 atom stereocenters. The van der Waals surface area contributed by atoms with Crippen LogP contribution in [0.4, 0.5) is 5.69 Å². The summed E-state index contributed by atoms with van der Waals surface area (Å²) in [5, 5.41) is 3.57. The Bertz CT molecular complexity index is 1020. The van der Waals surface area contributed by atoms with Gasteiger partial charge in [-0.05, 0) is 37.3 Å². The molecule has 0 spiro atoms. The summed E-state index contributed by atoms with van der Waals surface area (Å²) in [6.07, 6.45) is 1.60. The number of rotatable bonds is 9. The lowest BCUT2D eigenvalue weighted by Gasteiger charge is -2.10. The third kappa shape index (κ3) is 4.87. The quantitative estimate of drug-likeness (QED) is 0.517. The molecule has 0 aliphatic heterocycles. The lowest BCUT2D eigenvalue weighted by molar-refractivity contribution is 0.102. The normalized spacial score (nSPS) is 10.5. The molecule has 2 aromatic heterocycles. The summed E-state index contributed by atoms with van der Waals surface area (Å²) in [7, 11) is 4.75. The fraction of sp³-hybridized carbons (Fsp3) is 0.286. The van der Waals surface area contributed by atoms with Gasteiger partial charge in [-0.15, -0.1) is 11.3 Å². The molecule has 1 amide bonds. The molecular weight excluding hydrogens is 406 g/mol. The number of benzene rings is 1. The summed E-state index contributed by atoms with van der Waals surface area (Å²) < 4.78 is 21.2. The summed E-state index contributed by atoms with van der Waals surface area (Å²) in [4.78, 5) is 22.1. The number of nitrogens with zero attached hydrogens (tertiary/aromatic N) is 2. The zero-order valence-electron chi connectivity index (χ0n) is 17.2. The first-order valence-corrected chi connectivity index (χ1v) is 9.97. The maximum atomic E-state index is 12.9. The number of carbonyl (C=O) groups excluding carboxylic acids is 1. The third-order valence-corrected chi connectivity index (χ3v) is 5.38. The maximum absolute atomic E-state index is 12.9. The molecule has 2 heterocycles. The Hall–Kier alpha value is -3.17. The third-order valence-electron chi connectivity index (χ3n) is 4.18. The Balaban J connectivity index is 1.82. The number of methoxy groups -OCH3 is 3. The molecule has 0 unspecified atom stereocenters. The minimum absolute atomic E-state index is 0.277. The summed E-state index contributed by atoms with van der Waals surface area (Å²) in [5.41, 5.74) is 1.96. The molecule has 9 heteroatoms. The smallest absolute Gasteiger partial charge is 0.267 e. The molecule has 0 aliphatic rings. The standard InChI is InChI=1S/C21H23N3O5S/c1-13-18(19(25)24-15-6-5-9-22-20(15)29-11-10-26-2)30-21(23-13)14-7-8-16(27-3)17(12-14)28-4/h5-9,12H,10-11H2,1-4H3,(H,24,25). The summed E-state index contributed by atoms with van der Waals surface area (Å²) in [5.74, 6) is 1.29. The SMILES string of the molecule is COCCOc1ncccc1NC(=O)c1sc(-c2ccc(OC)c(OC)c2)nc1C. The van der Waals surface area contributed by atoms with Crippen LogP contribution in [0.5, 0.6) is 17.4 Å². The number of thiazole rings is 1. The number of pyridine rings is 1. The van der Waals surface area contributed by atoms with E-state index in [1.54, 1.807) is 46.6 Å². The van der Waals surface area contributed by atoms with E-state index in [-0.39, 0.29) is 5.91 Å². The number of amides is 1. The summed E-state index contributed by atoms with van der Waals surface area (Å²) in [6, 6.07) is 8.99. The zero-order valence-corrected chi connectivity index (χ0v) is 18.0. The highest BCUT2D eigenvalue weighted by Gasteiger charge is 2.19. The number of anilines is 1. The lowest BCUT2D eigenvalue weighted by atomic mass is 10.2. The number of carbonyl (C=O) groups is 1. The molecule has 1 aromatic carbocycles. The number of aromatic nitrogens is 2. The van der Waals surface area contributed by atoms with Crippen molar-refractivity contribution < 1.29 is 23.7 Å². The van der Waals surface area contributed by atoms with Crippen LogP contribution in [0.15, 0.2) is 36.5 Å². The van der Waals surface area contributed by atoms with E-state index in [1.807, 2.05) is 18.2 Å². The Labute approximate surface area is 178 Å². The van der Waals surface area contributed by atoms with Gasteiger partial charge in [-0.1, -0.05) is 0 Å². The molecule has 30 heavy (non-hydrogen) atoms. The van der Waals surface area contributed by atoms with Crippen LogP contribution in [0.3, 0.4) is 0 Å². The highest BCUT2D eigenvalue weighted by Crippen LogP contribution is 2.35. The molecule has 0 saturated heterocycles. The number of hydrogen-bond acceptors (Lipinski definition) is 8. The lowest BCUT2D eigenvalue weighted by Crippen LogP contribution is -2.14. The van der Waals surface area contributed by atoms with Gasteiger partial charge < -0.3 is 24.3 Å².